The standard InChI is InChI=1S/C29H30O7/c1-17-11-18(2)13-21(12-17)26(29(31)32)23(27(30)20-7-9-22(33-3)10-8-20)14-19-15-24(34-4)28(36-6)25(16-19)35-5/h7-13,15-16H,14H2,1-6H3,(H,31,32)/b26-23+. The molecule has 1 N–H and O–H groups in total. The Kier molecular flexibility index (Phi) is 8.38. The highest BCUT2D eigenvalue weighted by atomic mass is 16.5. The van der Waals surface area contributed by atoms with Crippen molar-refractivity contribution >= 4 is 17.3 Å². The Balaban J connectivity index is 2.27. The molecule has 0 aliphatic rings. The van der Waals surface area contributed by atoms with Gasteiger partial charge in [-0.15, -0.1) is 0 Å². The fourth-order valence-corrected chi connectivity index (χ4v) is 4.19. The minimum Gasteiger partial charge on any atom is -0.497 e. The third-order valence-electron chi connectivity index (χ3n) is 5.76. The lowest BCUT2D eigenvalue weighted by atomic mass is 9.88. The predicted octanol–water partition coefficient (Wildman–Crippen LogP) is 5.30. The number of Topliss-reactive ketones (excluding diaryl/α,β-unsaturated/α-hetero) is 1. The number of aryl methyl sites for hydroxylation is 2. The first kappa shape index (κ1) is 26.3. The van der Waals surface area contributed by atoms with Gasteiger partial charge in [0.25, 0.3) is 0 Å². The van der Waals surface area contributed by atoms with E-state index in [0.29, 0.717) is 39.7 Å². The first-order chi connectivity index (χ1) is 17.2. The number of methoxy groups -OCH3 is 4. The van der Waals surface area contributed by atoms with E-state index in [1.807, 2.05) is 19.9 Å². The lowest BCUT2D eigenvalue weighted by Gasteiger charge is -2.17. The van der Waals surface area contributed by atoms with Crippen molar-refractivity contribution in [3.05, 3.63) is 88.0 Å². The minimum atomic E-state index is -1.19. The number of rotatable bonds is 10. The van der Waals surface area contributed by atoms with Gasteiger partial charge in [0.15, 0.2) is 17.3 Å². The SMILES string of the molecule is COc1ccc(C(=O)/C(Cc2cc(OC)c(OC)c(OC)c2)=C(/C(=O)O)c2cc(C)cc(C)c2)cc1. The van der Waals surface area contributed by atoms with Crippen LogP contribution in [0, 0.1) is 13.8 Å². The summed E-state index contributed by atoms with van der Waals surface area (Å²) in [5.74, 6) is 0.225. The van der Waals surface area contributed by atoms with Gasteiger partial charge in [-0.2, -0.15) is 0 Å². The normalized spacial score (nSPS) is 11.4. The van der Waals surface area contributed by atoms with Crippen LogP contribution in [0.3, 0.4) is 0 Å². The molecule has 0 atom stereocenters. The number of benzene rings is 3. The fourth-order valence-electron chi connectivity index (χ4n) is 4.19. The number of ketones is 1. The van der Waals surface area contributed by atoms with Crippen molar-refractivity contribution in [1.29, 1.82) is 0 Å². The van der Waals surface area contributed by atoms with Crippen LogP contribution < -0.4 is 18.9 Å². The molecule has 0 saturated carbocycles. The number of hydrogen-bond donors (Lipinski definition) is 1. The first-order valence-corrected chi connectivity index (χ1v) is 11.2. The molecule has 0 aliphatic carbocycles. The molecule has 36 heavy (non-hydrogen) atoms. The molecule has 0 fully saturated rings. The molecule has 7 nitrogen and oxygen atoms in total. The minimum absolute atomic E-state index is 0.0240. The molecule has 3 aromatic rings. The van der Waals surface area contributed by atoms with E-state index in [1.165, 1.54) is 28.4 Å². The van der Waals surface area contributed by atoms with Crippen LogP contribution in [0.2, 0.25) is 0 Å². The lowest BCUT2D eigenvalue weighted by Crippen LogP contribution is -2.14. The van der Waals surface area contributed by atoms with Crippen LogP contribution in [0.5, 0.6) is 23.0 Å². The molecule has 0 bridgehead atoms. The second-order valence-corrected chi connectivity index (χ2v) is 8.30. The van der Waals surface area contributed by atoms with E-state index < -0.39 is 11.8 Å². The van der Waals surface area contributed by atoms with Crippen molar-refractivity contribution in [2.75, 3.05) is 28.4 Å². The van der Waals surface area contributed by atoms with Gasteiger partial charge in [0.2, 0.25) is 5.75 Å². The zero-order chi connectivity index (χ0) is 26.4. The largest absolute Gasteiger partial charge is 0.497 e. The summed E-state index contributed by atoms with van der Waals surface area (Å²) < 4.78 is 21.5. The smallest absolute Gasteiger partial charge is 0.336 e. The summed E-state index contributed by atoms with van der Waals surface area (Å²) in [7, 11) is 6.04. The zero-order valence-corrected chi connectivity index (χ0v) is 21.3. The third kappa shape index (κ3) is 5.68. The van der Waals surface area contributed by atoms with Crippen molar-refractivity contribution < 1.29 is 33.6 Å². The number of hydrogen-bond acceptors (Lipinski definition) is 6. The average molecular weight is 491 g/mol. The summed E-state index contributed by atoms with van der Waals surface area (Å²) in [6, 6.07) is 15.5. The van der Waals surface area contributed by atoms with E-state index in [1.54, 1.807) is 48.5 Å². The molecule has 0 amide bonds. The highest BCUT2D eigenvalue weighted by molar-refractivity contribution is 6.26. The van der Waals surface area contributed by atoms with E-state index in [-0.39, 0.29) is 17.6 Å². The summed E-state index contributed by atoms with van der Waals surface area (Å²) in [4.78, 5) is 26.5. The Labute approximate surface area is 210 Å². The molecule has 188 valence electrons. The average Bonchev–Trinajstić information content (AvgIpc) is 2.86. The lowest BCUT2D eigenvalue weighted by molar-refractivity contribution is -0.130. The Hall–Kier alpha value is -4.26. The molecule has 3 aromatic carbocycles. The maximum absolute atomic E-state index is 13.8. The van der Waals surface area contributed by atoms with Crippen molar-refractivity contribution in [3.8, 4) is 23.0 Å². The first-order valence-electron chi connectivity index (χ1n) is 11.2. The molecular weight excluding hydrogens is 460 g/mol. The van der Waals surface area contributed by atoms with Gasteiger partial charge in [-0.05, 0) is 61.4 Å². The monoisotopic (exact) mass is 490 g/mol. The topological polar surface area (TPSA) is 91.3 Å². The fraction of sp³-hybridized carbons (Fsp3) is 0.241. The van der Waals surface area contributed by atoms with E-state index in [9.17, 15) is 14.7 Å². The number of carboxylic acids is 1. The number of allylic oxidation sites excluding steroid dienone is 1. The number of ether oxygens (including phenoxy) is 4. The van der Waals surface area contributed by atoms with Crippen LogP contribution in [0.25, 0.3) is 5.57 Å². The second kappa shape index (κ2) is 11.4. The Morgan fingerprint density at radius 2 is 1.28 bits per heavy atom. The van der Waals surface area contributed by atoms with Crippen molar-refractivity contribution in [2.45, 2.75) is 20.3 Å². The third-order valence-corrected chi connectivity index (χ3v) is 5.76. The molecule has 0 heterocycles. The van der Waals surface area contributed by atoms with E-state index in [4.69, 9.17) is 18.9 Å². The summed E-state index contributed by atoms with van der Waals surface area (Å²) in [5, 5.41) is 10.3. The number of carbonyl (C=O) groups is 2. The maximum Gasteiger partial charge on any atom is 0.336 e. The molecule has 3 rings (SSSR count). The molecule has 0 saturated heterocycles. The molecule has 0 spiro atoms. The quantitative estimate of drug-likeness (QED) is 0.305. The molecular formula is C29H30O7. The summed E-state index contributed by atoms with van der Waals surface area (Å²) in [6.07, 6.45) is 0.0240. The molecule has 0 radical (unpaired) electrons. The molecule has 0 unspecified atom stereocenters. The summed E-state index contributed by atoms with van der Waals surface area (Å²) in [5.41, 5.74) is 3.30. The van der Waals surface area contributed by atoms with Crippen LogP contribution in [0.4, 0.5) is 0 Å². The Morgan fingerprint density at radius 3 is 1.72 bits per heavy atom. The Morgan fingerprint density at radius 1 is 0.722 bits per heavy atom. The van der Waals surface area contributed by atoms with Crippen LogP contribution >= 0.6 is 0 Å². The van der Waals surface area contributed by atoms with Crippen LogP contribution in [-0.2, 0) is 11.2 Å². The van der Waals surface area contributed by atoms with Crippen LogP contribution in [0.1, 0.15) is 32.6 Å². The number of carboxylic acid groups (broad SMARTS) is 1. The maximum atomic E-state index is 13.8. The number of carbonyl (C=O) groups excluding carboxylic acids is 1. The zero-order valence-electron chi connectivity index (χ0n) is 21.3. The Bertz CT molecular complexity index is 1260. The predicted molar refractivity (Wildman–Crippen MR) is 138 cm³/mol. The molecule has 7 heteroatoms. The van der Waals surface area contributed by atoms with Crippen molar-refractivity contribution in [2.24, 2.45) is 0 Å². The molecule has 0 aliphatic heterocycles. The highest BCUT2D eigenvalue weighted by Crippen LogP contribution is 2.39. The van der Waals surface area contributed by atoms with Gasteiger partial charge in [0.1, 0.15) is 5.75 Å². The van der Waals surface area contributed by atoms with Gasteiger partial charge < -0.3 is 24.1 Å². The van der Waals surface area contributed by atoms with Gasteiger partial charge in [0.05, 0.1) is 34.0 Å². The van der Waals surface area contributed by atoms with E-state index in [2.05, 4.69) is 0 Å². The van der Waals surface area contributed by atoms with Gasteiger partial charge in [0, 0.05) is 17.6 Å². The summed E-state index contributed by atoms with van der Waals surface area (Å²) in [6.45, 7) is 3.78. The van der Waals surface area contributed by atoms with Gasteiger partial charge in [-0.25, -0.2) is 4.79 Å². The van der Waals surface area contributed by atoms with Crippen molar-refractivity contribution in [3.63, 3.8) is 0 Å². The van der Waals surface area contributed by atoms with Crippen LogP contribution in [-0.4, -0.2) is 45.3 Å². The van der Waals surface area contributed by atoms with E-state index in [0.717, 1.165) is 11.1 Å². The van der Waals surface area contributed by atoms with Gasteiger partial charge in [-0.1, -0.05) is 29.3 Å². The van der Waals surface area contributed by atoms with Crippen molar-refractivity contribution in [1.82, 2.24) is 0 Å². The second-order valence-electron chi connectivity index (χ2n) is 8.30. The molecule has 0 aromatic heterocycles. The van der Waals surface area contributed by atoms with E-state index >= 15 is 0 Å². The summed E-state index contributed by atoms with van der Waals surface area (Å²) >= 11 is 0. The van der Waals surface area contributed by atoms with Gasteiger partial charge >= 0.3 is 5.97 Å². The highest BCUT2D eigenvalue weighted by Gasteiger charge is 2.25. The number of aliphatic carboxylic acids is 1. The van der Waals surface area contributed by atoms with Gasteiger partial charge in [-0.3, -0.25) is 4.79 Å². The van der Waals surface area contributed by atoms with Crippen LogP contribution in [0.15, 0.2) is 60.2 Å².